The summed E-state index contributed by atoms with van der Waals surface area (Å²) >= 11 is 0. The molecule has 0 saturated heterocycles. The number of carbonyl (C=O) groups excluding carboxylic acids is 3. The highest BCUT2D eigenvalue weighted by atomic mass is 16.4. The summed E-state index contributed by atoms with van der Waals surface area (Å²) in [6.45, 7) is 1.29. The minimum atomic E-state index is -1.27. The van der Waals surface area contributed by atoms with Gasteiger partial charge in [-0.3, -0.25) is 14.4 Å². The third-order valence-electron chi connectivity index (χ3n) is 2.61. The van der Waals surface area contributed by atoms with E-state index in [0.29, 0.717) is 0 Å². The largest absolute Gasteiger partial charge is 0.480 e. The summed E-state index contributed by atoms with van der Waals surface area (Å²) < 4.78 is 0. The van der Waals surface area contributed by atoms with Gasteiger partial charge in [-0.15, -0.1) is 0 Å². The van der Waals surface area contributed by atoms with Crippen LogP contribution in [0.2, 0.25) is 0 Å². The number of rotatable bonds is 7. The fourth-order valence-corrected chi connectivity index (χ4v) is 1.61. The first-order valence-electron chi connectivity index (χ1n) is 6.35. The Labute approximate surface area is 125 Å². The van der Waals surface area contributed by atoms with Gasteiger partial charge in [-0.25, -0.2) is 9.78 Å². The number of amides is 3. The normalized spacial score (nSPS) is 11.3. The van der Waals surface area contributed by atoms with Crippen molar-refractivity contribution in [2.75, 3.05) is 5.32 Å². The van der Waals surface area contributed by atoms with E-state index in [0.717, 1.165) is 0 Å². The lowest BCUT2D eigenvalue weighted by Crippen LogP contribution is -2.41. The van der Waals surface area contributed by atoms with Crippen LogP contribution in [0.4, 0.5) is 5.82 Å². The van der Waals surface area contributed by atoms with Gasteiger partial charge >= 0.3 is 5.97 Å². The van der Waals surface area contributed by atoms with Crippen molar-refractivity contribution in [1.29, 1.82) is 0 Å². The Hall–Kier alpha value is -2.97. The second-order valence-electron chi connectivity index (χ2n) is 4.48. The standard InChI is InChI=1S/C13H16N4O5/c1-7(18)16-11-6-8(4-5-15-11)12(20)17-9(13(21)22)2-3-10(14)19/h4-6,9H,2-3H2,1H3,(H2,14,19)(H,17,20)(H,21,22)(H,15,16,18). The van der Waals surface area contributed by atoms with Crippen LogP contribution < -0.4 is 16.4 Å². The van der Waals surface area contributed by atoms with Crippen molar-refractivity contribution in [3.8, 4) is 0 Å². The molecule has 1 rings (SSSR count). The predicted octanol–water partition coefficient (Wildman–Crippen LogP) is -0.511. The molecule has 0 aliphatic heterocycles. The zero-order valence-electron chi connectivity index (χ0n) is 11.8. The summed E-state index contributed by atoms with van der Waals surface area (Å²) in [4.78, 5) is 48.5. The van der Waals surface area contributed by atoms with Crippen LogP contribution in [0.5, 0.6) is 0 Å². The number of carbonyl (C=O) groups is 4. The molecule has 0 aromatic carbocycles. The van der Waals surface area contributed by atoms with Crippen LogP contribution in [0.15, 0.2) is 18.3 Å². The van der Waals surface area contributed by atoms with Gasteiger partial charge in [0, 0.05) is 25.1 Å². The van der Waals surface area contributed by atoms with Crippen molar-refractivity contribution in [3.63, 3.8) is 0 Å². The van der Waals surface area contributed by atoms with Gasteiger partial charge in [-0.2, -0.15) is 0 Å². The number of pyridine rings is 1. The minimum Gasteiger partial charge on any atom is -0.480 e. The Morgan fingerprint density at radius 2 is 2.05 bits per heavy atom. The monoisotopic (exact) mass is 308 g/mol. The smallest absolute Gasteiger partial charge is 0.326 e. The van der Waals surface area contributed by atoms with Crippen molar-refractivity contribution < 1.29 is 24.3 Å². The maximum absolute atomic E-state index is 12.0. The molecule has 1 heterocycles. The van der Waals surface area contributed by atoms with Crippen LogP contribution in [0, 0.1) is 0 Å². The van der Waals surface area contributed by atoms with Gasteiger partial charge in [0.05, 0.1) is 0 Å². The molecule has 0 saturated carbocycles. The number of nitrogens with two attached hydrogens (primary N) is 1. The number of hydrogen-bond acceptors (Lipinski definition) is 5. The number of aliphatic carboxylic acids is 1. The van der Waals surface area contributed by atoms with Gasteiger partial charge in [0.25, 0.3) is 5.91 Å². The molecule has 22 heavy (non-hydrogen) atoms. The fourth-order valence-electron chi connectivity index (χ4n) is 1.61. The minimum absolute atomic E-state index is 0.111. The van der Waals surface area contributed by atoms with Gasteiger partial charge < -0.3 is 21.5 Å². The lowest BCUT2D eigenvalue weighted by atomic mass is 10.1. The first-order chi connectivity index (χ1) is 10.3. The Morgan fingerprint density at radius 1 is 1.36 bits per heavy atom. The number of carboxylic acid groups (broad SMARTS) is 1. The van der Waals surface area contributed by atoms with Crippen molar-refractivity contribution in [1.82, 2.24) is 10.3 Å². The Morgan fingerprint density at radius 3 is 2.59 bits per heavy atom. The first-order valence-corrected chi connectivity index (χ1v) is 6.35. The zero-order chi connectivity index (χ0) is 16.7. The molecule has 118 valence electrons. The molecule has 0 radical (unpaired) electrons. The molecule has 9 nitrogen and oxygen atoms in total. The molecule has 5 N–H and O–H groups in total. The molecule has 0 fully saturated rings. The number of primary amides is 1. The SMILES string of the molecule is CC(=O)Nc1cc(C(=O)NC(CCC(N)=O)C(=O)O)ccn1. The van der Waals surface area contributed by atoms with Crippen LogP contribution in [-0.2, 0) is 14.4 Å². The second-order valence-corrected chi connectivity index (χ2v) is 4.48. The van der Waals surface area contributed by atoms with Crippen molar-refractivity contribution in [2.45, 2.75) is 25.8 Å². The summed E-state index contributed by atoms with van der Waals surface area (Å²) in [7, 11) is 0. The highest BCUT2D eigenvalue weighted by molar-refractivity contribution is 5.98. The number of carboxylic acids is 1. The number of hydrogen-bond donors (Lipinski definition) is 4. The molecule has 0 spiro atoms. The van der Waals surface area contributed by atoms with E-state index < -0.39 is 23.8 Å². The summed E-state index contributed by atoms with van der Waals surface area (Å²) in [6, 6.07) is 1.44. The molecule has 1 aromatic rings. The van der Waals surface area contributed by atoms with E-state index in [4.69, 9.17) is 10.8 Å². The van der Waals surface area contributed by atoms with E-state index in [1.165, 1.54) is 25.3 Å². The van der Waals surface area contributed by atoms with Crippen molar-refractivity contribution >= 4 is 29.5 Å². The average Bonchev–Trinajstić information content (AvgIpc) is 2.42. The van der Waals surface area contributed by atoms with Crippen molar-refractivity contribution in [2.24, 2.45) is 5.73 Å². The molecule has 0 aliphatic rings. The number of anilines is 1. The first kappa shape index (κ1) is 17.1. The van der Waals surface area contributed by atoms with Gasteiger partial charge in [0.2, 0.25) is 11.8 Å². The van der Waals surface area contributed by atoms with Gasteiger partial charge in [0.15, 0.2) is 0 Å². The fraction of sp³-hybridized carbons (Fsp3) is 0.308. The summed E-state index contributed by atoms with van der Waals surface area (Å²) in [5.74, 6) is -2.77. The average molecular weight is 308 g/mol. The molecule has 0 bridgehead atoms. The van der Waals surface area contributed by atoms with E-state index in [-0.39, 0.29) is 30.1 Å². The van der Waals surface area contributed by atoms with E-state index >= 15 is 0 Å². The summed E-state index contributed by atoms with van der Waals surface area (Å²) in [6.07, 6.45) is 1.03. The van der Waals surface area contributed by atoms with E-state index in [1.54, 1.807) is 0 Å². The van der Waals surface area contributed by atoms with E-state index in [2.05, 4.69) is 15.6 Å². The van der Waals surface area contributed by atoms with Crippen molar-refractivity contribution in [3.05, 3.63) is 23.9 Å². The third-order valence-corrected chi connectivity index (χ3v) is 2.61. The third kappa shape index (κ3) is 5.57. The molecular formula is C13H16N4O5. The lowest BCUT2D eigenvalue weighted by Gasteiger charge is -2.14. The lowest BCUT2D eigenvalue weighted by molar-refractivity contribution is -0.139. The summed E-state index contributed by atoms with van der Waals surface area (Å²) in [5.41, 5.74) is 5.08. The van der Waals surface area contributed by atoms with E-state index in [1.807, 2.05) is 0 Å². The number of aromatic nitrogens is 1. The second kappa shape index (κ2) is 7.72. The predicted molar refractivity (Wildman–Crippen MR) is 75.9 cm³/mol. The Bertz CT molecular complexity index is 602. The molecule has 1 unspecified atom stereocenters. The Kier molecular flexibility index (Phi) is 5.99. The van der Waals surface area contributed by atoms with Gasteiger partial charge in [-0.05, 0) is 18.6 Å². The molecule has 3 amide bonds. The topological polar surface area (TPSA) is 151 Å². The summed E-state index contributed by atoms with van der Waals surface area (Å²) in [5, 5.41) is 13.7. The molecular weight excluding hydrogens is 292 g/mol. The quantitative estimate of drug-likeness (QED) is 0.532. The number of nitrogens with zero attached hydrogens (tertiary/aromatic N) is 1. The highest BCUT2D eigenvalue weighted by Gasteiger charge is 2.21. The van der Waals surface area contributed by atoms with Gasteiger partial charge in [-0.1, -0.05) is 0 Å². The van der Waals surface area contributed by atoms with Crippen LogP contribution in [0.3, 0.4) is 0 Å². The zero-order valence-corrected chi connectivity index (χ0v) is 11.8. The molecule has 1 atom stereocenters. The van der Waals surface area contributed by atoms with Gasteiger partial charge in [0.1, 0.15) is 11.9 Å². The molecule has 1 aromatic heterocycles. The highest BCUT2D eigenvalue weighted by Crippen LogP contribution is 2.08. The maximum Gasteiger partial charge on any atom is 0.326 e. The van der Waals surface area contributed by atoms with Crippen LogP contribution in [0.25, 0.3) is 0 Å². The van der Waals surface area contributed by atoms with Crippen LogP contribution in [-0.4, -0.2) is 39.8 Å². The van der Waals surface area contributed by atoms with E-state index in [9.17, 15) is 19.2 Å². The maximum atomic E-state index is 12.0. The van der Waals surface area contributed by atoms with Crippen LogP contribution in [0.1, 0.15) is 30.1 Å². The molecule has 0 aliphatic carbocycles. The van der Waals surface area contributed by atoms with Crippen LogP contribution >= 0.6 is 0 Å². The Balaban J connectivity index is 2.79. The molecule has 9 heteroatoms. The number of nitrogens with one attached hydrogen (secondary N) is 2.